The van der Waals surface area contributed by atoms with Gasteiger partial charge in [-0.3, -0.25) is 9.59 Å². The van der Waals surface area contributed by atoms with Crippen LogP contribution in [-0.2, 0) is 14.3 Å². The van der Waals surface area contributed by atoms with Crippen LogP contribution < -0.4 is 5.32 Å². The van der Waals surface area contributed by atoms with Gasteiger partial charge in [0, 0.05) is 12.6 Å². The molecule has 1 aliphatic carbocycles. The average Bonchev–Trinajstić information content (AvgIpc) is 2.88. The minimum atomic E-state index is -0.731. The molecule has 0 aromatic heterocycles. The summed E-state index contributed by atoms with van der Waals surface area (Å²) in [6.07, 6.45) is 2.74. The van der Waals surface area contributed by atoms with Crippen molar-refractivity contribution in [1.29, 1.82) is 0 Å². The molecule has 1 saturated carbocycles. The van der Waals surface area contributed by atoms with Gasteiger partial charge >= 0.3 is 5.97 Å². The van der Waals surface area contributed by atoms with Crippen molar-refractivity contribution >= 4 is 11.9 Å². The summed E-state index contributed by atoms with van der Waals surface area (Å²) >= 11 is 0. The Bertz CT molecular complexity index is 387. The van der Waals surface area contributed by atoms with Crippen LogP contribution in [0.3, 0.4) is 0 Å². The first-order valence-electron chi connectivity index (χ1n) is 7.49. The maximum absolute atomic E-state index is 12.1. The van der Waals surface area contributed by atoms with Crippen LogP contribution in [0.4, 0.5) is 0 Å². The van der Waals surface area contributed by atoms with E-state index in [4.69, 9.17) is 4.74 Å². The predicted octanol–water partition coefficient (Wildman–Crippen LogP) is 1.81. The van der Waals surface area contributed by atoms with E-state index in [-0.39, 0.29) is 35.3 Å². The number of hydrogen-bond acceptors (Lipinski definition) is 3. The molecule has 4 atom stereocenters. The minimum Gasteiger partial charge on any atom is -0.481 e. The molecule has 20 heavy (non-hydrogen) atoms. The Morgan fingerprint density at radius 3 is 2.50 bits per heavy atom. The standard InChI is InChI=1S/C15H25NO4/c1-9-11(16-13(17)12-5-4-8-20-12)7-6-10(14(18)19)15(9,2)3/h9-12H,4-8H2,1-3H3,(H,16,17)(H,18,19)/t9?,10?,11?,12-/m0/s1. The zero-order valence-electron chi connectivity index (χ0n) is 12.5. The molecule has 2 rings (SSSR count). The zero-order valence-corrected chi connectivity index (χ0v) is 12.5. The van der Waals surface area contributed by atoms with E-state index in [1.807, 2.05) is 20.8 Å². The van der Waals surface area contributed by atoms with E-state index in [0.29, 0.717) is 13.0 Å². The summed E-state index contributed by atoms with van der Waals surface area (Å²) in [5.41, 5.74) is -0.321. The van der Waals surface area contributed by atoms with Gasteiger partial charge in [0.1, 0.15) is 6.10 Å². The normalized spacial score (nSPS) is 36.5. The lowest BCUT2D eigenvalue weighted by molar-refractivity contribution is -0.150. The van der Waals surface area contributed by atoms with Crippen molar-refractivity contribution in [2.45, 2.75) is 58.6 Å². The van der Waals surface area contributed by atoms with Gasteiger partial charge in [-0.1, -0.05) is 20.8 Å². The molecule has 0 aromatic rings. The van der Waals surface area contributed by atoms with Crippen LogP contribution >= 0.6 is 0 Å². The number of rotatable bonds is 3. The number of nitrogens with one attached hydrogen (secondary N) is 1. The smallest absolute Gasteiger partial charge is 0.307 e. The summed E-state index contributed by atoms with van der Waals surface area (Å²) in [5.74, 6) is -0.981. The Morgan fingerprint density at radius 1 is 1.25 bits per heavy atom. The third-order valence-corrected chi connectivity index (χ3v) is 5.29. The van der Waals surface area contributed by atoms with Gasteiger partial charge in [-0.05, 0) is 37.0 Å². The molecule has 114 valence electrons. The molecule has 5 nitrogen and oxygen atoms in total. The van der Waals surface area contributed by atoms with E-state index in [2.05, 4.69) is 5.32 Å². The van der Waals surface area contributed by atoms with Crippen LogP contribution in [0.2, 0.25) is 0 Å². The Hall–Kier alpha value is -1.10. The molecule has 1 heterocycles. The third-order valence-electron chi connectivity index (χ3n) is 5.29. The summed E-state index contributed by atoms with van der Waals surface area (Å²) in [6.45, 7) is 6.67. The Labute approximate surface area is 120 Å². The molecule has 2 fully saturated rings. The topological polar surface area (TPSA) is 75.6 Å². The quantitative estimate of drug-likeness (QED) is 0.828. The molecule has 2 N–H and O–H groups in total. The number of carboxylic acid groups (broad SMARTS) is 1. The lowest BCUT2D eigenvalue weighted by Crippen LogP contribution is -2.53. The summed E-state index contributed by atoms with van der Waals surface area (Å²) in [4.78, 5) is 23.5. The molecule has 2 aliphatic rings. The van der Waals surface area contributed by atoms with Crippen molar-refractivity contribution < 1.29 is 19.4 Å². The van der Waals surface area contributed by atoms with Gasteiger partial charge in [0.15, 0.2) is 0 Å². The third kappa shape index (κ3) is 2.82. The molecular formula is C15H25NO4. The second-order valence-electron chi connectivity index (χ2n) is 6.69. The SMILES string of the molecule is CC1C(NC(=O)[C@@H]2CCCO2)CCC(C(=O)O)C1(C)C. The lowest BCUT2D eigenvalue weighted by atomic mass is 9.61. The highest BCUT2D eigenvalue weighted by Crippen LogP contribution is 2.45. The molecule has 1 saturated heterocycles. The van der Waals surface area contributed by atoms with Gasteiger partial charge in [-0.15, -0.1) is 0 Å². The molecule has 0 bridgehead atoms. The summed E-state index contributed by atoms with van der Waals surface area (Å²) in [6, 6.07) is 0.0392. The lowest BCUT2D eigenvalue weighted by Gasteiger charge is -2.46. The first kappa shape index (κ1) is 15.3. The van der Waals surface area contributed by atoms with E-state index in [0.717, 1.165) is 19.3 Å². The maximum atomic E-state index is 12.1. The van der Waals surface area contributed by atoms with Crippen LogP contribution in [0, 0.1) is 17.3 Å². The summed E-state index contributed by atoms with van der Waals surface area (Å²) in [7, 11) is 0. The molecule has 0 radical (unpaired) electrons. The number of aliphatic carboxylic acids is 1. The van der Waals surface area contributed by atoms with E-state index in [1.165, 1.54) is 0 Å². The summed E-state index contributed by atoms with van der Waals surface area (Å²) in [5, 5.41) is 12.4. The average molecular weight is 283 g/mol. The van der Waals surface area contributed by atoms with Gasteiger partial charge in [-0.25, -0.2) is 0 Å². The largest absolute Gasteiger partial charge is 0.481 e. The zero-order chi connectivity index (χ0) is 14.9. The van der Waals surface area contributed by atoms with Crippen molar-refractivity contribution in [2.24, 2.45) is 17.3 Å². The molecule has 0 spiro atoms. The fourth-order valence-corrected chi connectivity index (χ4v) is 3.50. The van der Waals surface area contributed by atoms with Crippen LogP contribution in [0.5, 0.6) is 0 Å². The van der Waals surface area contributed by atoms with E-state index in [1.54, 1.807) is 0 Å². The molecule has 5 heteroatoms. The fraction of sp³-hybridized carbons (Fsp3) is 0.867. The number of carbonyl (C=O) groups excluding carboxylic acids is 1. The number of carbonyl (C=O) groups is 2. The Kier molecular flexibility index (Phi) is 4.37. The molecule has 1 amide bonds. The number of hydrogen-bond donors (Lipinski definition) is 2. The van der Waals surface area contributed by atoms with E-state index < -0.39 is 5.97 Å². The van der Waals surface area contributed by atoms with Crippen LogP contribution in [-0.4, -0.2) is 35.7 Å². The van der Waals surface area contributed by atoms with Gasteiger partial charge in [0.05, 0.1) is 5.92 Å². The van der Waals surface area contributed by atoms with Crippen molar-refractivity contribution in [2.75, 3.05) is 6.61 Å². The maximum Gasteiger partial charge on any atom is 0.307 e. The monoisotopic (exact) mass is 283 g/mol. The van der Waals surface area contributed by atoms with Crippen LogP contribution in [0.1, 0.15) is 46.5 Å². The highest BCUT2D eigenvalue weighted by Gasteiger charge is 2.46. The Morgan fingerprint density at radius 2 is 1.95 bits per heavy atom. The van der Waals surface area contributed by atoms with E-state index in [9.17, 15) is 14.7 Å². The van der Waals surface area contributed by atoms with Gasteiger partial charge in [0.25, 0.3) is 0 Å². The van der Waals surface area contributed by atoms with Crippen LogP contribution in [0.25, 0.3) is 0 Å². The van der Waals surface area contributed by atoms with Crippen molar-refractivity contribution in [3.05, 3.63) is 0 Å². The first-order chi connectivity index (χ1) is 9.34. The minimum absolute atomic E-state index is 0.0380. The number of ether oxygens (including phenoxy) is 1. The fourth-order valence-electron chi connectivity index (χ4n) is 3.50. The van der Waals surface area contributed by atoms with Crippen molar-refractivity contribution in [3.63, 3.8) is 0 Å². The number of carboxylic acids is 1. The molecular weight excluding hydrogens is 258 g/mol. The van der Waals surface area contributed by atoms with E-state index >= 15 is 0 Å². The molecule has 0 aromatic carbocycles. The second-order valence-corrected chi connectivity index (χ2v) is 6.69. The molecule has 3 unspecified atom stereocenters. The first-order valence-corrected chi connectivity index (χ1v) is 7.49. The van der Waals surface area contributed by atoms with Gasteiger partial charge < -0.3 is 15.2 Å². The Balaban J connectivity index is 2.00. The van der Waals surface area contributed by atoms with Crippen LogP contribution in [0.15, 0.2) is 0 Å². The predicted molar refractivity (Wildman–Crippen MR) is 74.2 cm³/mol. The second kappa shape index (κ2) is 5.72. The number of amides is 1. The van der Waals surface area contributed by atoms with Gasteiger partial charge in [-0.2, -0.15) is 0 Å². The molecule has 1 aliphatic heterocycles. The van der Waals surface area contributed by atoms with Crippen molar-refractivity contribution in [3.8, 4) is 0 Å². The summed E-state index contributed by atoms with van der Waals surface area (Å²) < 4.78 is 5.40. The van der Waals surface area contributed by atoms with Gasteiger partial charge in [0.2, 0.25) is 5.91 Å². The highest BCUT2D eigenvalue weighted by molar-refractivity contribution is 5.81. The highest BCUT2D eigenvalue weighted by atomic mass is 16.5. The van der Waals surface area contributed by atoms with Crippen molar-refractivity contribution in [1.82, 2.24) is 5.32 Å².